The highest BCUT2D eigenvalue weighted by Crippen LogP contribution is 2.58. The summed E-state index contributed by atoms with van der Waals surface area (Å²) in [6.07, 6.45) is 2.93. The number of carbonyl (C=O) groups is 1. The molecule has 0 bridgehead atoms. The summed E-state index contributed by atoms with van der Waals surface area (Å²) < 4.78 is 13.7. The van der Waals surface area contributed by atoms with Crippen molar-refractivity contribution in [1.29, 1.82) is 5.26 Å². The van der Waals surface area contributed by atoms with Crippen molar-refractivity contribution < 1.29 is 9.18 Å². The maximum atomic E-state index is 13.7. The molecule has 2 aliphatic rings. The van der Waals surface area contributed by atoms with Gasteiger partial charge in [-0.25, -0.2) is 4.39 Å². The van der Waals surface area contributed by atoms with Gasteiger partial charge in [-0.2, -0.15) is 5.26 Å². The predicted molar refractivity (Wildman–Crippen MR) is 72.4 cm³/mol. The summed E-state index contributed by atoms with van der Waals surface area (Å²) in [4.78, 5) is 12.2. The molecule has 1 aliphatic carbocycles. The zero-order chi connectivity index (χ0) is 14.2. The second-order valence-electron chi connectivity index (χ2n) is 5.66. The van der Waals surface area contributed by atoms with Crippen molar-refractivity contribution in [3.05, 3.63) is 29.6 Å². The summed E-state index contributed by atoms with van der Waals surface area (Å²) in [6, 6.07) is 5.97. The fourth-order valence-electron chi connectivity index (χ4n) is 3.10. The van der Waals surface area contributed by atoms with E-state index in [2.05, 4.69) is 10.6 Å². The first-order valence-corrected chi connectivity index (χ1v) is 6.86. The SMILES string of the molecule is N#Cc1ccc(NC(=O)C2CC23CCNCC3)c(F)c1. The van der Waals surface area contributed by atoms with Gasteiger partial charge in [0, 0.05) is 5.92 Å². The van der Waals surface area contributed by atoms with Crippen LogP contribution in [-0.4, -0.2) is 19.0 Å². The second-order valence-corrected chi connectivity index (χ2v) is 5.66. The highest BCUT2D eigenvalue weighted by Gasteiger charge is 2.57. The van der Waals surface area contributed by atoms with E-state index in [1.54, 1.807) is 0 Å². The van der Waals surface area contributed by atoms with E-state index in [9.17, 15) is 9.18 Å². The van der Waals surface area contributed by atoms with Crippen LogP contribution in [0.1, 0.15) is 24.8 Å². The van der Waals surface area contributed by atoms with Crippen molar-refractivity contribution >= 4 is 11.6 Å². The molecule has 1 aliphatic heterocycles. The van der Waals surface area contributed by atoms with E-state index < -0.39 is 5.82 Å². The van der Waals surface area contributed by atoms with Crippen LogP contribution >= 0.6 is 0 Å². The lowest BCUT2D eigenvalue weighted by molar-refractivity contribution is -0.118. The lowest BCUT2D eigenvalue weighted by Gasteiger charge is -2.23. The minimum atomic E-state index is -0.558. The second kappa shape index (κ2) is 4.88. The number of carbonyl (C=O) groups excluding carboxylic acids is 1. The summed E-state index contributed by atoms with van der Waals surface area (Å²) in [5.41, 5.74) is 0.546. The maximum Gasteiger partial charge on any atom is 0.228 e. The molecular formula is C15H16FN3O. The first kappa shape index (κ1) is 13.1. The molecule has 104 valence electrons. The van der Waals surface area contributed by atoms with Crippen LogP contribution < -0.4 is 10.6 Å². The third-order valence-electron chi connectivity index (χ3n) is 4.46. The molecule has 1 spiro atoms. The molecule has 1 aromatic rings. The van der Waals surface area contributed by atoms with Gasteiger partial charge >= 0.3 is 0 Å². The highest BCUT2D eigenvalue weighted by molar-refractivity contribution is 5.95. The summed E-state index contributed by atoms with van der Waals surface area (Å²) in [5.74, 6) is -0.660. The number of nitrogens with one attached hydrogen (secondary N) is 2. The van der Waals surface area contributed by atoms with Crippen molar-refractivity contribution in [3.8, 4) is 6.07 Å². The van der Waals surface area contributed by atoms with E-state index in [1.807, 2.05) is 6.07 Å². The third kappa shape index (κ3) is 2.27. The van der Waals surface area contributed by atoms with Gasteiger partial charge in [0.1, 0.15) is 5.82 Å². The largest absolute Gasteiger partial charge is 0.323 e. The summed E-state index contributed by atoms with van der Waals surface area (Å²) in [7, 11) is 0. The first-order chi connectivity index (χ1) is 9.64. The molecule has 1 heterocycles. The molecule has 20 heavy (non-hydrogen) atoms. The van der Waals surface area contributed by atoms with Gasteiger partial charge < -0.3 is 10.6 Å². The van der Waals surface area contributed by atoms with E-state index in [0.29, 0.717) is 0 Å². The van der Waals surface area contributed by atoms with Crippen LogP contribution in [0.25, 0.3) is 0 Å². The van der Waals surface area contributed by atoms with Crippen molar-refractivity contribution in [2.24, 2.45) is 11.3 Å². The normalized spacial score (nSPS) is 23.1. The van der Waals surface area contributed by atoms with Crippen LogP contribution in [0, 0.1) is 28.5 Å². The lowest BCUT2D eigenvalue weighted by atomic mass is 9.92. The van der Waals surface area contributed by atoms with E-state index in [-0.39, 0.29) is 28.5 Å². The van der Waals surface area contributed by atoms with Gasteiger partial charge in [-0.3, -0.25) is 4.79 Å². The third-order valence-corrected chi connectivity index (χ3v) is 4.46. The maximum absolute atomic E-state index is 13.7. The molecule has 5 heteroatoms. The van der Waals surface area contributed by atoms with Gasteiger partial charge in [-0.15, -0.1) is 0 Å². The predicted octanol–water partition coefficient (Wildman–Crippen LogP) is 2.03. The van der Waals surface area contributed by atoms with E-state index in [0.717, 1.165) is 38.4 Å². The number of nitriles is 1. The van der Waals surface area contributed by atoms with E-state index in [1.165, 1.54) is 12.1 Å². The topological polar surface area (TPSA) is 64.9 Å². The minimum absolute atomic E-state index is 0.000330. The van der Waals surface area contributed by atoms with Gasteiger partial charge in [-0.1, -0.05) is 0 Å². The summed E-state index contributed by atoms with van der Waals surface area (Å²) in [5, 5.41) is 14.6. The molecule has 1 amide bonds. The Morgan fingerprint density at radius 2 is 2.20 bits per heavy atom. The van der Waals surface area contributed by atoms with Gasteiger partial charge in [0.15, 0.2) is 0 Å². The number of rotatable bonds is 2. The Labute approximate surface area is 117 Å². The van der Waals surface area contributed by atoms with Crippen molar-refractivity contribution in [3.63, 3.8) is 0 Å². The molecular weight excluding hydrogens is 257 g/mol. The molecule has 0 radical (unpaired) electrons. The van der Waals surface area contributed by atoms with Gasteiger partial charge in [0.25, 0.3) is 0 Å². The Hall–Kier alpha value is -1.93. The van der Waals surface area contributed by atoms with Crippen LogP contribution in [-0.2, 0) is 4.79 Å². The molecule has 2 N–H and O–H groups in total. The molecule has 2 fully saturated rings. The Kier molecular flexibility index (Phi) is 3.19. The van der Waals surface area contributed by atoms with E-state index in [4.69, 9.17) is 5.26 Å². The monoisotopic (exact) mass is 273 g/mol. The number of piperidine rings is 1. The first-order valence-electron chi connectivity index (χ1n) is 6.86. The molecule has 1 saturated carbocycles. The number of nitrogens with zero attached hydrogens (tertiary/aromatic N) is 1. The zero-order valence-electron chi connectivity index (χ0n) is 11.1. The summed E-state index contributed by atoms with van der Waals surface area (Å²) >= 11 is 0. The molecule has 1 unspecified atom stereocenters. The molecule has 1 aromatic carbocycles. The van der Waals surface area contributed by atoms with Crippen LogP contribution in [0.5, 0.6) is 0 Å². The number of halogens is 1. The van der Waals surface area contributed by atoms with Crippen LogP contribution in [0.4, 0.5) is 10.1 Å². The fourth-order valence-corrected chi connectivity index (χ4v) is 3.10. The number of amides is 1. The summed E-state index contributed by atoms with van der Waals surface area (Å²) in [6.45, 7) is 1.91. The zero-order valence-corrected chi connectivity index (χ0v) is 11.1. The smallest absolute Gasteiger partial charge is 0.228 e. The molecule has 1 atom stereocenters. The van der Waals surface area contributed by atoms with Crippen molar-refractivity contribution in [2.75, 3.05) is 18.4 Å². The highest BCUT2D eigenvalue weighted by atomic mass is 19.1. The number of anilines is 1. The average molecular weight is 273 g/mol. The van der Waals surface area contributed by atoms with Crippen LogP contribution in [0.2, 0.25) is 0 Å². The number of benzene rings is 1. The molecule has 3 rings (SSSR count). The molecule has 0 aromatic heterocycles. The van der Waals surface area contributed by atoms with E-state index >= 15 is 0 Å². The van der Waals surface area contributed by atoms with Crippen molar-refractivity contribution in [2.45, 2.75) is 19.3 Å². The minimum Gasteiger partial charge on any atom is -0.323 e. The van der Waals surface area contributed by atoms with Gasteiger partial charge in [0.05, 0.1) is 17.3 Å². The Morgan fingerprint density at radius 3 is 2.85 bits per heavy atom. The van der Waals surface area contributed by atoms with Gasteiger partial charge in [0.2, 0.25) is 5.91 Å². The van der Waals surface area contributed by atoms with Gasteiger partial charge in [-0.05, 0) is 56.0 Å². The lowest BCUT2D eigenvalue weighted by Crippen LogP contribution is -2.31. The average Bonchev–Trinajstić information content (AvgIpc) is 3.15. The molecule has 1 saturated heterocycles. The number of hydrogen-bond donors (Lipinski definition) is 2. The quantitative estimate of drug-likeness (QED) is 0.866. The Bertz CT molecular complexity index is 587. The fraction of sp³-hybridized carbons (Fsp3) is 0.467. The Morgan fingerprint density at radius 1 is 1.45 bits per heavy atom. The van der Waals surface area contributed by atoms with Crippen LogP contribution in [0.15, 0.2) is 18.2 Å². The van der Waals surface area contributed by atoms with Crippen LogP contribution in [0.3, 0.4) is 0 Å². The number of hydrogen-bond acceptors (Lipinski definition) is 3. The standard InChI is InChI=1S/C15H16FN3O/c16-12-7-10(9-17)1-2-13(12)19-14(20)11-8-15(11)3-5-18-6-4-15/h1-2,7,11,18H,3-6,8H2,(H,19,20). The molecule has 4 nitrogen and oxygen atoms in total. The van der Waals surface area contributed by atoms with Crippen molar-refractivity contribution in [1.82, 2.24) is 5.32 Å². The Balaban J connectivity index is 1.67.